The molecular formula is C48H72O13Si. The maximum atomic E-state index is 14.3. The van der Waals surface area contributed by atoms with Gasteiger partial charge in [0, 0.05) is 38.0 Å². The van der Waals surface area contributed by atoms with Gasteiger partial charge in [0.25, 0.3) is 0 Å². The summed E-state index contributed by atoms with van der Waals surface area (Å²) in [5.41, 5.74) is 2.17. The molecule has 62 heavy (non-hydrogen) atoms. The predicted octanol–water partition coefficient (Wildman–Crippen LogP) is 6.82. The van der Waals surface area contributed by atoms with Crippen molar-refractivity contribution in [3.63, 3.8) is 0 Å². The highest BCUT2D eigenvalue weighted by molar-refractivity contribution is 6.74. The summed E-state index contributed by atoms with van der Waals surface area (Å²) in [6.07, 6.45) is 4.10. The molecule has 21 atom stereocenters. The smallest absolute Gasteiger partial charge is 0.308 e. The fourth-order valence-electron chi connectivity index (χ4n) is 12.5. The van der Waals surface area contributed by atoms with Crippen molar-refractivity contribution in [2.45, 2.75) is 252 Å². The second-order valence-corrected chi connectivity index (χ2v) is 27.0. The Balaban J connectivity index is 0.932. The van der Waals surface area contributed by atoms with E-state index in [1.54, 1.807) is 0 Å². The fraction of sp³-hybridized carbons (Fsp3) is 0.875. The Morgan fingerprint density at radius 1 is 0.710 bits per heavy atom. The fourth-order valence-corrected chi connectivity index (χ4v) is 13.8. The van der Waals surface area contributed by atoms with Gasteiger partial charge in [-0.1, -0.05) is 47.8 Å². The molecule has 13 nitrogen and oxygen atoms in total. The minimum Gasteiger partial charge on any atom is -0.459 e. The zero-order valence-electron chi connectivity index (χ0n) is 38.0. The first-order chi connectivity index (χ1) is 29.5. The maximum absolute atomic E-state index is 14.3. The first-order valence-corrected chi connectivity index (χ1v) is 27.0. The molecule has 0 amide bonds. The van der Waals surface area contributed by atoms with Gasteiger partial charge in [0.15, 0.2) is 14.1 Å². The molecule has 0 aromatic carbocycles. The lowest BCUT2D eigenvalue weighted by Gasteiger charge is -2.53. The van der Waals surface area contributed by atoms with Crippen molar-refractivity contribution >= 4 is 20.6 Å². The Kier molecular flexibility index (Phi) is 11.9. The first-order valence-electron chi connectivity index (χ1n) is 24.1. The molecule has 0 N–H and O–H groups in total. The SMILES string of the molecule is C=C1C[C@@H]2CC[C@@]34C[C@H]5OC6[C@@H](O[C@H]7CC[C@H](CC(=O)O[C@@H]8[C@@H](C)[C@@H]9O[C@H](CC=O)[C@H](O[Si](C)(C)C(C)(C)C)C[C@@H]9O[C@H]8C[C@H]8O[C@@H](CC[C@@H]1O2)C[C@@H](C)C8=C)O[C@@H]7[C@@H]6O3)[C@H]5O4. The molecule has 14 heteroatoms. The Labute approximate surface area is 369 Å². The van der Waals surface area contributed by atoms with Gasteiger partial charge in [0.05, 0.1) is 79.7 Å². The van der Waals surface area contributed by atoms with Gasteiger partial charge in [-0.3, -0.25) is 4.79 Å². The summed E-state index contributed by atoms with van der Waals surface area (Å²) in [5, 5.41) is -0.0271. The second-order valence-electron chi connectivity index (χ2n) is 22.2. The summed E-state index contributed by atoms with van der Waals surface area (Å²) in [5.74, 6) is -1.16. The van der Waals surface area contributed by atoms with Crippen LogP contribution in [0.5, 0.6) is 0 Å². The summed E-state index contributed by atoms with van der Waals surface area (Å²) in [7, 11) is -2.23. The van der Waals surface area contributed by atoms with Crippen LogP contribution in [0.15, 0.2) is 24.3 Å². The summed E-state index contributed by atoms with van der Waals surface area (Å²) in [6.45, 7) is 24.5. The van der Waals surface area contributed by atoms with Crippen molar-refractivity contribution in [1.29, 1.82) is 0 Å². The van der Waals surface area contributed by atoms with Crippen molar-refractivity contribution in [1.82, 2.24) is 0 Å². The molecule has 11 aliphatic heterocycles. The van der Waals surface area contributed by atoms with Crippen LogP contribution in [0.4, 0.5) is 0 Å². The average molecular weight is 885 g/mol. The van der Waals surface area contributed by atoms with Gasteiger partial charge >= 0.3 is 5.97 Å². The van der Waals surface area contributed by atoms with E-state index in [-0.39, 0.29) is 109 Å². The van der Waals surface area contributed by atoms with Crippen molar-refractivity contribution in [3.05, 3.63) is 24.3 Å². The van der Waals surface area contributed by atoms with Crippen LogP contribution in [0, 0.1) is 11.8 Å². The Bertz CT molecular complexity index is 1730. The lowest BCUT2D eigenvalue weighted by Crippen LogP contribution is -2.63. The normalized spacial score (nSPS) is 50.6. The van der Waals surface area contributed by atoms with Crippen LogP contribution in [0.2, 0.25) is 18.1 Å². The van der Waals surface area contributed by atoms with E-state index in [0.29, 0.717) is 32.1 Å². The summed E-state index contributed by atoms with van der Waals surface area (Å²) >= 11 is 0. The van der Waals surface area contributed by atoms with E-state index in [1.165, 1.54) is 0 Å². The molecule has 11 rings (SSSR count). The van der Waals surface area contributed by atoms with E-state index in [0.717, 1.165) is 56.0 Å². The molecule has 12 bridgehead atoms. The zero-order chi connectivity index (χ0) is 43.5. The number of aldehydes is 1. The van der Waals surface area contributed by atoms with Crippen LogP contribution < -0.4 is 0 Å². The quantitative estimate of drug-likeness (QED) is 0.127. The van der Waals surface area contributed by atoms with E-state index >= 15 is 0 Å². The van der Waals surface area contributed by atoms with E-state index in [1.807, 2.05) is 0 Å². The minimum atomic E-state index is -2.23. The zero-order valence-corrected chi connectivity index (χ0v) is 39.0. The molecular weight excluding hydrogens is 813 g/mol. The minimum absolute atomic E-state index is 0.00318. The molecule has 11 saturated heterocycles. The highest BCUT2D eigenvalue weighted by Gasteiger charge is 2.69. The highest BCUT2D eigenvalue weighted by atomic mass is 28.4. The Morgan fingerprint density at radius 2 is 1.42 bits per heavy atom. The van der Waals surface area contributed by atoms with Crippen LogP contribution in [0.1, 0.15) is 118 Å². The molecule has 11 aliphatic rings. The number of carbonyl (C=O) groups excluding carboxylic acids is 2. The monoisotopic (exact) mass is 884 g/mol. The van der Waals surface area contributed by atoms with Gasteiger partial charge in [-0.15, -0.1) is 0 Å². The molecule has 0 aromatic heterocycles. The largest absolute Gasteiger partial charge is 0.459 e. The van der Waals surface area contributed by atoms with Crippen molar-refractivity contribution in [3.8, 4) is 0 Å². The second kappa shape index (κ2) is 16.6. The third-order valence-corrected chi connectivity index (χ3v) is 21.5. The van der Waals surface area contributed by atoms with Crippen LogP contribution in [0.3, 0.4) is 0 Å². The van der Waals surface area contributed by atoms with Gasteiger partial charge < -0.3 is 56.6 Å². The van der Waals surface area contributed by atoms with Crippen LogP contribution in [0.25, 0.3) is 0 Å². The molecule has 11 heterocycles. The van der Waals surface area contributed by atoms with E-state index < -0.39 is 50.7 Å². The van der Waals surface area contributed by atoms with Gasteiger partial charge in [0.1, 0.15) is 42.9 Å². The highest BCUT2D eigenvalue weighted by Crippen LogP contribution is 2.55. The van der Waals surface area contributed by atoms with E-state index in [4.69, 9.17) is 51.8 Å². The summed E-state index contributed by atoms with van der Waals surface area (Å²) < 4.78 is 75.2. The van der Waals surface area contributed by atoms with Gasteiger partial charge in [-0.05, 0) is 80.1 Å². The molecule has 1 spiro atoms. The molecule has 0 radical (unpaired) electrons. The lowest BCUT2D eigenvalue weighted by atomic mass is 9.79. The molecule has 1 unspecified atom stereocenters. The van der Waals surface area contributed by atoms with Crippen LogP contribution >= 0.6 is 0 Å². The van der Waals surface area contributed by atoms with E-state index in [9.17, 15) is 9.59 Å². The molecule has 11 fully saturated rings. The molecule has 0 aliphatic carbocycles. The number of hydrogen-bond acceptors (Lipinski definition) is 13. The predicted molar refractivity (Wildman–Crippen MR) is 228 cm³/mol. The number of fused-ring (bicyclic) bond motifs is 7. The molecule has 0 saturated carbocycles. The van der Waals surface area contributed by atoms with Crippen LogP contribution in [-0.4, -0.2) is 136 Å². The molecule has 346 valence electrons. The Hall–Kier alpha value is -1.56. The number of ether oxygens (including phenoxy) is 10. The van der Waals surface area contributed by atoms with Crippen molar-refractivity contribution in [2.75, 3.05) is 0 Å². The number of rotatable bonds is 4. The standard InChI is InChI=1S/C48H72O13Si/c1-24-18-28-10-12-31-25(2)19-30(51-31)14-16-48-23-38-43(59-48)44-45(57-38)46(60-48)42-33(56-44)13-11-29(53-42)20-39(50)58-41-27(4)40-37(54-36(41)21-34(52-28)26(24)3)22-35(32(55-40)15-17-49)61-62(8,9)47(5,6)7/h17,24,27-38,40-46H,2-3,10-16,18-23H2,1,4-9H3/t24-,27+,28+,29-,30+,31+,32-,33+,34-,35-,36+,37+,38-,40+,41-,42+,43+,44+,45?,46+,48+/m1/s1. The Morgan fingerprint density at radius 3 is 2.21 bits per heavy atom. The number of carbonyl (C=O) groups is 2. The summed E-state index contributed by atoms with van der Waals surface area (Å²) in [4.78, 5) is 26.4. The topological polar surface area (TPSA) is 136 Å². The van der Waals surface area contributed by atoms with E-state index in [2.05, 4.69) is 60.9 Å². The third kappa shape index (κ3) is 8.08. The maximum Gasteiger partial charge on any atom is 0.308 e. The van der Waals surface area contributed by atoms with Crippen LogP contribution in [-0.2, 0) is 61.4 Å². The molecule has 0 aromatic rings. The number of hydrogen-bond donors (Lipinski definition) is 0. The average Bonchev–Trinajstić information content (AvgIpc) is 3.79. The van der Waals surface area contributed by atoms with Gasteiger partial charge in [0.2, 0.25) is 0 Å². The number of esters is 1. The van der Waals surface area contributed by atoms with Gasteiger partial charge in [-0.25, -0.2) is 0 Å². The lowest BCUT2D eigenvalue weighted by molar-refractivity contribution is -0.293. The summed E-state index contributed by atoms with van der Waals surface area (Å²) in [6, 6.07) is 0. The third-order valence-electron chi connectivity index (χ3n) is 17.0. The van der Waals surface area contributed by atoms with Crippen molar-refractivity contribution in [2.24, 2.45) is 11.8 Å². The van der Waals surface area contributed by atoms with Crippen molar-refractivity contribution < 1.29 is 61.4 Å². The van der Waals surface area contributed by atoms with Gasteiger partial charge in [-0.2, -0.15) is 0 Å². The first kappa shape index (κ1) is 44.3.